The molecule has 1 aromatic carbocycles. The minimum absolute atomic E-state index is 0.150. The quantitative estimate of drug-likeness (QED) is 0.834. The summed E-state index contributed by atoms with van der Waals surface area (Å²) in [5, 5.41) is 6.30. The van der Waals surface area contributed by atoms with Gasteiger partial charge in [-0.25, -0.2) is 0 Å². The minimum atomic E-state index is -0.150. The van der Waals surface area contributed by atoms with Gasteiger partial charge >= 0.3 is 0 Å². The molecule has 2 heterocycles. The average Bonchev–Trinajstić information content (AvgIpc) is 2.65. The summed E-state index contributed by atoms with van der Waals surface area (Å²) in [7, 11) is 0. The predicted octanol–water partition coefficient (Wildman–Crippen LogP) is 2.50. The van der Waals surface area contributed by atoms with E-state index in [0.717, 1.165) is 44.2 Å². The Balaban J connectivity index is 1.56. The number of ether oxygens (including phenoxy) is 1. The monoisotopic (exact) mass is 354 g/mol. The first-order valence-electron chi connectivity index (χ1n) is 9.00. The molecule has 1 amide bonds. The lowest BCUT2D eigenvalue weighted by Gasteiger charge is -2.26. The largest absolute Gasteiger partial charge is 0.379 e. The van der Waals surface area contributed by atoms with E-state index in [2.05, 4.69) is 46.5 Å². The summed E-state index contributed by atoms with van der Waals surface area (Å²) in [6.07, 6.45) is 1.66. The highest BCUT2D eigenvalue weighted by atomic mass is 16.5. The van der Waals surface area contributed by atoms with Gasteiger partial charge in [-0.2, -0.15) is 0 Å². The molecule has 0 unspecified atom stereocenters. The fraction of sp³-hybridized carbons (Fsp3) is 0.400. The van der Waals surface area contributed by atoms with Gasteiger partial charge in [-0.05, 0) is 37.6 Å². The van der Waals surface area contributed by atoms with E-state index in [1.165, 1.54) is 11.1 Å². The number of nitrogens with one attached hydrogen (secondary N) is 2. The first-order valence-corrected chi connectivity index (χ1v) is 9.00. The topological polar surface area (TPSA) is 66.5 Å². The number of aryl methyl sites for hydroxylation is 2. The summed E-state index contributed by atoms with van der Waals surface area (Å²) in [5.74, 6) is -0.150. The molecule has 26 heavy (non-hydrogen) atoms. The Bertz CT molecular complexity index is 757. The highest BCUT2D eigenvalue weighted by Gasteiger charge is 2.12. The Morgan fingerprint density at radius 2 is 2.00 bits per heavy atom. The number of hydrogen-bond donors (Lipinski definition) is 2. The number of anilines is 2. The van der Waals surface area contributed by atoms with Crippen LogP contribution < -0.4 is 10.6 Å². The average molecular weight is 354 g/mol. The molecule has 1 saturated heterocycles. The Hall–Kier alpha value is -2.44. The highest BCUT2D eigenvalue weighted by molar-refractivity contribution is 5.93. The third-order valence-electron chi connectivity index (χ3n) is 4.47. The third kappa shape index (κ3) is 5.03. The zero-order valence-electron chi connectivity index (χ0n) is 15.4. The van der Waals surface area contributed by atoms with Crippen molar-refractivity contribution >= 4 is 17.3 Å². The van der Waals surface area contributed by atoms with Crippen LogP contribution in [-0.2, 0) is 4.74 Å². The van der Waals surface area contributed by atoms with Crippen LogP contribution in [0.5, 0.6) is 0 Å². The van der Waals surface area contributed by atoms with Gasteiger partial charge in [0.1, 0.15) is 5.69 Å². The second-order valence-electron chi connectivity index (χ2n) is 6.58. The Morgan fingerprint density at radius 3 is 2.77 bits per heavy atom. The molecule has 0 radical (unpaired) electrons. The molecule has 0 saturated carbocycles. The van der Waals surface area contributed by atoms with E-state index in [4.69, 9.17) is 4.74 Å². The third-order valence-corrected chi connectivity index (χ3v) is 4.47. The van der Waals surface area contributed by atoms with Crippen molar-refractivity contribution in [2.24, 2.45) is 0 Å². The van der Waals surface area contributed by atoms with Gasteiger partial charge in [0, 0.05) is 43.8 Å². The SMILES string of the molecule is Cc1ccc(Nc2ccnc(C(=O)NCCN3CCOCC3)c2)c(C)c1. The van der Waals surface area contributed by atoms with E-state index in [-0.39, 0.29) is 5.91 Å². The van der Waals surface area contributed by atoms with Crippen LogP contribution in [-0.4, -0.2) is 55.2 Å². The summed E-state index contributed by atoms with van der Waals surface area (Å²) in [4.78, 5) is 18.8. The van der Waals surface area contributed by atoms with E-state index >= 15 is 0 Å². The molecule has 0 atom stereocenters. The molecule has 1 aliphatic heterocycles. The van der Waals surface area contributed by atoms with Crippen LogP contribution in [0.1, 0.15) is 21.6 Å². The number of amides is 1. The Kier molecular flexibility index (Phi) is 6.20. The van der Waals surface area contributed by atoms with Crippen LogP contribution in [0.25, 0.3) is 0 Å². The Morgan fingerprint density at radius 1 is 1.19 bits per heavy atom. The van der Waals surface area contributed by atoms with Crippen LogP contribution in [0.4, 0.5) is 11.4 Å². The second kappa shape index (κ2) is 8.78. The maximum Gasteiger partial charge on any atom is 0.269 e. The smallest absolute Gasteiger partial charge is 0.269 e. The second-order valence-corrected chi connectivity index (χ2v) is 6.58. The standard InChI is InChI=1S/C20H26N4O2/c1-15-3-4-18(16(2)13-15)23-17-5-6-21-19(14-17)20(25)22-7-8-24-9-11-26-12-10-24/h3-6,13-14H,7-12H2,1-2H3,(H,21,23)(H,22,25). The fourth-order valence-electron chi connectivity index (χ4n) is 2.98. The van der Waals surface area contributed by atoms with Gasteiger partial charge in [0.05, 0.1) is 13.2 Å². The number of carbonyl (C=O) groups excluding carboxylic acids is 1. The molecular weight excluding hydrogens is 328 g/mol. The van der Waals surface area contributed by atoms with Gasteiger partial charge in [-0.1, -0.05) is 17.7 Å². The zero-order chi connectivity index (χ0) is 18.4. The Labute approximate surface area is 154 Å². The van der Waals surface area contributed by atoms with Crippen molar-refractivity contribution in [2.75, 3.05) is 44.7 Å². The lowest BCUT2D eigenvalue weighted by Crippen LogP contribution is -2.41. The number of hydrogen-bond acceptors (Lipinski definition) is 5. The molecule has 3 rings (SSSR count). The van der Waals surface area contributed by atoms with Crippen molar-refractivity contribution in [3.8, 4) is 0 Å². The fourth-order valence-corrected chi connectivity index (χ4v) is 2.98. The number of aromatic nitrogens is 1. The molecule has 1 aromatic heterocycles. The minimum Gasteiger partial charge on any atom is -0.379 e. The summed E-state index contributed by atoms with van der Waals surface area (Å²) in [6.45, 7) is 8.94. The molecule has 2 N–H and O–H groups in total. The van der Waals surface area contributed by atoms with Crippen molar-refractivity contribution in [3.63, 3.8) is 0 Å². The van der Waals surface area contributed by atoms with Crippen molar-refractivity contribution in [2.45, 2.75) is 13.8 Å². The summed E-state index contributed by atoms with van der Waals surface area (Å²) in [5.41, 5.74) is 4.69. The van der Waals surface area contributed by atoms with Gasteiger partial charge in [0.2, 0.25) is 0 Å². The number of pyridine rings is 1. The number of carbonyl (C=O) groups is 1. The summed E-state index contributed by atoms with van der Waals surface area (Å²) >= 11 is 0. The maximum atomic E-state index is 12.4. The number of rotatable bonds is 6. The molecule has 1 fully saturated rings. The molecule has 0 aliphatic carbocycles. The van der Waals surface area contributed by atoms with Crippen molar-refractivity contribution in [1.29, 1.82) is 0 Å². The normalized spacial score (nSPS) is 14.8. The van der Waals surface area contributed by atoms with E-state index in [1.54, 1.807) is 12.3 Å². The molecule has 0 bridgehead atoms. The first-order chi connectivity index (χ1) is 12.6. The van der Waals surface area contributed by atoms with Crippen molar-refractivity contribution in [1.82, 2.24) is 15.2 Å². The van der Waals surface area contributed by atoms with E-state index in [0.29, 0.717) is 12.2 Å². The van der Waals surface area contributed by atoms with E-state index in [1.807, 2.05) is 12.1 Å². The number of nitrogens with zero attached hydrogens (tertiary/aromatic N) is 2. The van der Waals surface area contributed by atoms with E-state index in [9.17, 15) is 4.79 Å². The molecular formula is C20H26N4O2. The van der Waals surface area contributed by atoms with Crippen LogP contribution in [0.2, 0.25) is 0 Å². The van der Waals surface area contributed by atoms with Crippen molar-refractivity contribution < 1.29 is 9.53 Å². The maximum absolute atomic E-state index is 12.4. The van der Waals surface area contributed by atoms with Crippen LogP contribution in [0, 0.1) is 13.8 Å². The molecule has 0 spiro atoms. The summed E-state index contributed by atoms with van der Waals surface area (Å²) in [6, 6.07) is 9.89. The lowest BCUT2D eigenvalue weighted by molar-refractivity contribution is 0.0383. The molecule has 6 nitrogen and oxygen atoms in total. The molecule has 138 valence electrons. The zero-order valence-corrected chi connectivity index (χ0v) is 15.4. The lowest BCUT2D eigenvalue weighted by atomic mass is 10.1. The van der Waals surface area contributed by atoms with Gasteiger partial charge in [0.25, 0.3) is 5.91 Å². The van der Waals surface area contributed by atoms with Gasteiger partial charge < -0.3 is 15.4 Å². The van der Waals surface area contributed by atoms with Gasteiger partial charge in [0.15, 0.2) is 0 Å². The van der Waals surface area contributed by atoms with E-state index < -0.39 is 0 Å². The molecule has 6 heteroatoms. The number of benzene rings is 1. The number of morpholine rings is 1. The van der Waals surface area contributed by atoms with Crippen LogP contribution >= 0.6 is 0 Å². The van der Waals surface area contributed by atoms with Crippen LogP contribution in [0.15, 0.2) is 36.5 Å². The molecule has 2 aromatic rings. The summed E-state index contributed by atoms with van der Waals surface area (Å²) < 4.78 is 5.33. The van der Waals surface area contributed by atoms with Crippen molar-refractivity contribution in [3.05, 3.63) is 53.3 Å². The highest BCUT2D eigenvalue weighted by Crippen LogP contribution is 2.21. The van der Waals surface area contributed by atoms with Crippen LogP contribution in [0.3, 0.4) is 0 Å². The van der Waals surface area contributed by atoms with Gasteiger partial charge in [-0.15, -0.1) is 0 Å². The molecule has 1 aliphatic rings. The predicted molar refractivity (Wildman–Crippen MR) is 103 cm³/mol. The first kappa shape index (κ1) is 18.4. The van der Waals surface area contributed by atoms with Gasteiger partial charge in [-0.3, -0.25) is 14.7 Å².